The second kappa shape index (κ2) is 6.28. The van der Waals surface area contributed by atoms with Gasteiger partial charge in [0.1, 0.15) is 5.75 Å². The normalized spacial score (nSPS) is 10.6. The lowest BCUT2D eigenvalue weighted by atomic mass is 10.0. The molecule has 3 heteroatoms. The van der Waals surface area contributed by atoms with Gasteiger partial charge in [0, 0.05) is 6.42 Å². The monoisotopic (exact) mass is 236 g/mol. The number of aryl methyl sites for hydroxylation is 2. The van der Waals surface area contributed by atoms with Crippen LogP contribution in [0.25, 0.3) is 0 Å². The van der Waals surface area contributed by atoms with Crippen molar-refractivity contribution in [2.45, 2.75) is 46.1 Å². The molecule has 0 saturated heterocycles. The molecule has 0 bridgehead atoms. The quantitative estimate of drug-likeness (QED) is 0.825. The maximum atomic E-state index is 10.5. The molecule has 0 fully saturated rings. The Hall–Kier alpha value is -1.51. The zero-order valence-electron chi connectivity index (χ0n) is 10.7. The minimum atomic E-state index is -0.746. The summed E-state index contributed by atoms with van der Waals surface area (Å²) in [6.45, 7) is 6.00. The molecule has 1 rings (SSSR count). The number of carboxylic acid groups (broad SMARTS) is 1. The van der Waals surface area contributed by atoms with Gasteiger partial charge in [-0.25, -0.2) is 0 Å². The van der Waals surface area contributed by atoms with Crippen LogP contribution in [0.1, 0.15) is 37.8 Å². The highest BCUT2D eigenvalue weighted by Crippen LogP contribution is 2.23. The fraction of sp³-hybridized carbons (Fsp3) is 0.500. The van der Waals surface area contributed by atoms with Gasteiger partial charge in [-0.15, -0.1) is 0 Å². The SMILES string of the molecule is Cc1ccc(OC(C)C)c(CCCC(=O)O)c1. The number of hydrogen-bond donors (Lipinski definition) is 1. The van der Waals surface area contributed by atoms with E-state index in [1.807, 2.05) is 32.9 Å². The summed E-state index contributed by atoms with van der Waals surface area (Å²) in [6.07, 6.45) is 1.73. The lowest BCUT2D eigenvalue weighted by molar-refractivity contribution is -0.137. The van der Waals surface area contributed by atoms with Crippen molar-refractivity contribution < 1.29 is 14.6 Å². The third-order valence-electron chi connectivity index (χ3n) is 2.42. The molecule has 0 aliphatic rings. The predicted molar refractivity (Wildman–Crippen MR) is 67.5 cm³/mol. The van der Waals surface area contributed by atoms with E-state index >= 15 is 0 Å². The summed E-state index contributed by atoms with van der Waals surface area (Å²) < 4.78 is 5.71. The van der Waals surface area contributed by atoms with E-state index in [1.54, 1.807) is 0 Å². The number of aliphatic carboxylic acids is 1. The number of carbonyl (C=O) groups is 1. The van der Waals surface area contributed by atoms with E-state index in [-0.39, 0.29) is 12.5 Å². The van der Waals surface area contributed by atoms with E-state index in [0.29, 0.717) is 6.42 Å². The average Bonchev–Trinajstić information content (AvgIpc) is 2.21. The highest BCUT2D eigenvalue weighted by Gasteiger charge is 2.07. The van der Waals surface area contributed by atoms with Gasteiger partial charge in [-0.2, -0.15) is 0 Å². The van der Waals surface area contributed by atoms with Crippen LogP contribution in [0.15, 0.2) is 18.2 Å². The van der Waals surface area contributed by atoms with E-state index < -0.39 is 5.97 Å². The second-order valence-corrected chi connectivity index (χ2v) is 4.53. The molecular formula is C14H20O3. The first-order valence-corrected chi connectivity index (χ1v) is 5.97. The van der Waals surface area contributed by atoms with E-state index in [2.05, 4.69) is 6.07 Å². The number of ether oxygens (including phenoxy) is 1. The summed E-state index contributed by atoms with van der Waals surface area (Å²) in [5.41, 5.74) is 2.27. The summed E-state index contributed by atoms with van der Waals surface area (Å²) >= 11 is 0. The van der Waals surface area contributed by atoms with E-state index in [0.717, 1.165) is 17.7 Å². The highest BCUT2D eigenvalue weighted by molar-refractivity contribution is 5.66. The molecule has 0 unspecified atom stereocenters. The zero-order chi connectivity index (χ0) is 12.8. The van der Waals surface area contributed by atoms with Crippen molar-refractivity contribution in [3.63, 3.8) is 0 Å². The molecule has 0 atom stereocenters. The number of rotatable bonds is 6. The van der Waals surface area contributed by atoms with Crippen LogP contribution in [-0.4, -0.2) is 17.2 Å². The largest absolute Gasteiger partial charge is 0.491 e. The van der Waals surface area contributed by atoms with Gasteiger partial charge >= 0.3 is 5.97 Å². The minimum absolute atomic E-state index is 0.135. The van der Waals surface area contributed by atoms with Crippen molar-refractivity contribution in [2.24, 2.45) is 0 Å². The molecule has 0 amide bonds. The van der Waals surface area contributed by atoms with Crippen LogP contribution < -0.4 is 4.74 Å². The molecule has 0 spiro atoms. The van der Waals surface area contributed by atoms with Gasteiger partial charge in [0.25, 0.3) is 0 Å². The second-order valence-electron chi connectivity index (χ2n) is 4.53. The van der Waals surface area contributed by atoms with Gasteiger partial charge in [0.05, 0.1) is 6.10 Å². The summed E-state index contributed by atoms with van der Waals surface area (Å²) in [5, 5.41) is 8.63. The fourth-order valence-electron chi connectivity index (χ4n) is 1.70. The van der Waals surface area contributed by atoms with Gasteiger partial charge in [-0.1, -0.05) is 17.7 Å². The lowest BCUT2D eigenvalue weighted by Gasteiger charge is -2.14. The topological polar surface area (TPSA) is 46.5 Å². The summed E-state index contributed by atoms with van der Waals surface area (Å²) in [7, 11) is 0. The maximum Gasteiger partial charge on any atom is 0.303 e. The van der Waals surface area contributed by atoms with Gasteiger partial charge < -0.3 is 9.84 Å². The molecule has 3 nitrogen and oxygen atoms in total. The van der Waals surface area contributed by atoms with Crippen molar-refractivity contribution in [1.29, 1.82) is 0 Å². The van der Waals surface area contributed by atoms with Gasteiger partial charge in [-0.3, -0.25) is 4.79 Å². The lowest BCUT2D eigenvalue weighted by Crippen LogP contribution is -2.08. The minimum Gasteiger partial charge on any atom is -0.491 e. The summed E-state index contributed by atoms with van der Waals surface area (Å²) in [5.74, 6) is 0.125. The average molecular weight is 236 g/mol. The van der Waals surface area contributed by atoms with Crippen molar-refractivity contribution in [3.8, 4) is 5.75 Å². The molecule has 0 aliphatic carbocycles. The zero-order valence-corrected chi connectivity index (χ0v) is 10.7. The Balaban J connectivity index is 2.72. The van der Waals surface area contributed by atoms with Gasteiger partial charge in [-0.05, 0) is 45.2 Å². The molecule has 0 aromatic heterocycles. The van der Waals surface area contributed by atoms with Crippen LogP contribution in [0, 0.1) is 6.92 Å². The van der Waals surface area contributed by atoms with Gasteiger partial charge in [0.15, 0.2) is 0 Å². The number of hydrogen-bond acceptors (Lipinski definition) is 2. The Bertz CT molecular complexity index is 383. The highest BCUT2D eigenvalue weighted by atomic mass is 16.5. The Morgan fingerprint density at radius 3 is 2.71 bits per heavy atom. The molecule has 94 valence electrons. The van der Waals surface area contributed by atoms with E-state index in [9.17, 15) is 4.79 Å². The molecule has 1 N–H and O–H groups in total. The van der Waals surface area contributed by atoms with Crippen LogP contribution in [0.3, 0.4) is 0 Å². The van der Waals surface area contributed by atoms with Crippen LogP contribution >= 0.6 is 0 Å². The molecular weight excluding hydrogens is 216 g/mol. The van der Waals surface area contributed by atoms with E-state index in [1.165, 1.54) is 5.56 Å². The third kappa shape index (κ3) is 4.89. The smallest absolute Gasteiger partial charge is 0.303 e. The van der Waals surface area contributed by atoms with Crippen LogP contribution in [-0.2, 0) is 11.2 Å². The fourth-order valence-corrected chi connectivity index (χ4v) is 1.70. The predicted octanol–water partition coefficient (Wildman–Crippen LogP) is 3.19. The maximum absolute atomic E-state index is 10.5. The summed E-state index contributed by atoms with van der Waals surface area (Å²) in [4.78, 5) is 10.5. The standard InChI is InChI=1S/C14H20O3/c1-10(2)17-13-8-7-11(3)9-12(13)5-4-6-14(15)16/h7-10H,4-6H2,1-3H3,(H,15,16). The summed E-state index contributed by atoms with van der Waals surface area (Å²) in [6, 6.07) is 6.05. The number of benzene rings is 1. The Morgan fingerprint density at radius 2 is 2.12 bits per heavy atom. The first-order valence-electron chi connectivity index (χ1n) is 5.97. The number of carboxylic acids is 1. The molecule has 0 radical (unpaired) electrons. The van der Waals surface area contributed by atoms with Crippen LogP contribution in [0.2, 0.25) is 0 Å². The molecule has 1 aromatic carbocycles. The van der Waals surface area contributed by atoms with Gasteiger partial charge in [0.2, 0.25) is 0 Å². The van der Waals surface area contributed by atoms with Crippen molar-refractivity contribution in [1.82, 2.24) is 0 Å². The third-order valence-corrected chi connectivity index (χ3v) is 2.42. The van der Waals surface area contributed by atoms with Crippen LogP contribution in [0.4, 0.5) is 0 Å². The molecule has 1 aromatic rings. The van der Waals surface area contributed by atoms with Crippen molar-refractivity contribution in [2.75, 3.05) is 0 Å². The van der Waals surface area contributed by atoms with Crippen molar-refractivity contribution in [3.05, 3.63) is 29.3 Å². The van der Waals surface area contributed by atoms with Crippen LogP contribution in [0.5, 0.6) is 5.75 Å². The molecule has 17 heavy (non-hydrogen) atoms. The van der Waals surface area contributed by atoms with E-state index in [4.69, 9.17) is 9.84 Å². The Labute approximate surface area is 102 Å². The van der Waals surface area contributed by atoms with Crippen molar-refractivity contribution >= 4 is 5.97 Å². The Kier molecular flexibility index (Phi) is 5.01. The molecule has 0 saturated carbocycles. The molecule has 0 aliphatic heterocycles. The first kappa shape index (κ1) is 13.6. The Morgan fingerprint density at radius 1 is 1.41 bits per heavy atom. The molecule has 0 heterocycles. The first-order chi connectivity index (χ1) is 7.99.